The van der Waals surface area contributed by atoms with Crippen molar-refractivity contribution in [1.82, 2.24) is 14.9 Å². The summed E-state index contributed by atoms with van der Waals surface area (Å²) in [6.45, 7) is 9.37. The van der Waals surface area contributed by atoms with Crippen LogP contribution in [0.15, 0.2) is 6.07 Å². The Morgan fingerprint density at radius 2 is 1.88 bits per heavy atom. The van der Waals surface area contributed by atoms with Crippen molar-refractivity contribution in [2.45, 2.75) is 33.7 Å². The molecule has 4 heteroatoms. The average molecular weight is 236 g/mol. The largest absolute Gasteiger partial charge is 0.366 e. The van der Waals surface area contributed by atoms with Crippen molar-refractivity contribution in [2.24, 2.45) is 5.92 Å². The summed E-state index contributed by atoms with van der Waals surface area (Å²) in [7, 11) is 4.18. The van der Waals surface area contributed by atoms with E-state index in [4.69, 9.17) is 0 Å². The second-order valence-corrected chi connectivity index (χ2v) is 5.20. The second kappa shape index (κ2) is 5.96. The van der Waals surface area contributed by atoms with E-state index in [9.17, 15) is 0 Å². The maximum atomic E-state index is 4.42. The van der Waals surface area contributed by atoms with Crippen LogP contribution in [0.3, 0.4) is 0 Å². The lowest BCUT2D eigenvalue weighted by atomic mass is 10.0. The Kier molecular flexibility index (Phi) is 4.87. The minimum atomic E-state index is 0.402. The molecular formula is C13H24N4. The molecular weight excluding hydrogens is 212 g/mol. The van der Waals surface area contributed by atoms with Gasteiger partial charge in [-0.1, -0.05) is 13.8 Å². The maximum absolute atomic E-state index is 4.42. The van der Waals surface area contributed by atoms with E-state index in [1.54, 1.807) is 0 Å². The fraction of sp³-hybridized carbons (Fsp3) is 0.692. The summed E-state index contributed by atoms with van der Waals surface area (Å²) in [4.78, 5) is 10.9. The first kappa shape index (κ1) is 13.9. The molecule has 0 saturated heterocycles. The third-order valence-corrected chi connectivity index (χ3v) is 2.67. The van der Waals surface area contributed by atoms with Gasteiger partial charge in [-0.05, 0) is 33.9 Å². The second-order valence-electron chi connectivity index (χ2n) is 5.20. The van der Waals surface area contributed by atoms with Crippen LogP contribution >= 0.6 is 0 Å². The van der Waals surface area contributed by atoms with E-state index in [1.807, 2.05) is 19.9 Å². The van der Waals surface area contributed by atoms with Crippen LogP contribution in [0.2, 0.25) is 0 Å². The lowest BCUT2D eigenvalue weighted by Crippen LogP contribution is -2.36. The van der Waals surface area contributed by atoms with Crippen LogP contribution in [0.1, 0.15) is 25.4 Å². The molecule has 17 heavy (non-hydrogen) atoms. The maximum Gasteiger partial charge on any atom is 0.130 e. The smallest absolute Gasteiger partial charge is 0.130 e. The molecule has 0 saturated carbocycles. The molecule has 0 aromatic carbocycles. The van der Waals surface area contributed by atoms with Crippen LogP contribution < -0.4 is 5.32 Å². The summed E-state index contributed by atoms with van der Waals surface area (Å²) < 4.78 is 0. The zero-order valence-corrected chi connectivity index (χ0v) is 11.8. The molecule has 0 amide bonds. The molecule has 0 bridgehead atoms. The van der Waals surface area contributed by atoms with Gasteiger partial charge in [-0.25, -0.2) is 9.97 Å². The molecule has 1 N–H and O–H groups in total. The van der Waals surface area contributed by atoms with Crippen molar-refractivity contribution in [3.8, 4) is 0 Å². The van der Waals surface area contributed by atoms with E-state index >= 15 is 0 Å². The third kappa shape index (κ3) is 4.69. The number of anilines is 1. The van der Waals surface area contributed by atoms with Gasteiger partial charge in [0.15, 0.2) is 0 Å². The van der Waals surface area contributed by atoms with Crippen LogP contribution in [0, 0.1) is 19.8 Å². The molecule has 1 unspecified atom stereocenters. The summed E-state index contributed by atoms with van der Waals surface area (Å²) in [5.41, 5.74) is 1.01. The van der Waals surface area contributed by atoms with Gasteiger partial charge in [-0.2, -0.15) is 0 Å². The van der Waals surface area contributed by atoms with Gasteiger partial charge in [0.1, 0.15) is 11.6 Å². The van der Waals surface area contributed by atoms with Crippen molar-refractivity contribution < 1.29 is 0 Å². The molecule has 0 aliphatic carbocycles. The summed E-state index contributed by atoms with van der Waals surface area (Å²) in [6.07, 6.45) is 0. The van der Waals surface area contributed by atoms with Crippen LogP contribution in [-0.2, 0) is 0 Å². The average Bonchev–Trinajstić information content (AvgIpc) is 2.13. The lowest BCUT2D eigenvalue weighted by Gasteiger charge is -2.26. The predicted octanol–water partition coefficient (Wildman–Crippen LogP) is 2.09. The van der Waals surface area contributed by atoms with E-state index in [1.165, 1.54) is 0 Å². The molecule has 96 valence electrons. The molecule has 1 heterocycles. The fourth-order valence-electron chi connectivity index (χ4n) is 1.80. The molecule has 1 atom stereocenters. The normalized spacial score (nSPS) is 13.2. The molecule has 0 aliphatic heterocycles. The Morgan fingerprint density at radius 3 is 2.35 bits per heavy atom. The van der Waals surface area contributed by atoms with Gasteiger partial charge in [0, 0.05) is 24.3 Å². The predicted molar refractivity (Wildman–Crippen MR) is 72.3 cm³/mol. The van der Waals surface area contributed by atoms with Gasteiger partial charge in [-0.15, -0.1) is 0 Å². The molecule has 0 fully saturated rings. The zero-order valence-electron chi connectivity index (χ0n) is 11.8. The molecule has 1 aromatic heterocycles. The molecule has 4 nitrogen and oxygen atoms in total. The number of likely N-dealkylation sites (N-methyl/N-ethyl adjacent to an activating group) is 1. The monoisotopic (exact) mass is 236 g/mol. The van der Waals surface area contributed by atoms with Crippen molar-refractivity contribution >= 4 is 5.82 Å². The van der Waals surface area contributed by atoms with E-state index in [0.29, 0.717) is 12.0 Å². The Labute approximate surface area is 104 Å². The fourth-order valence-corrected chi connectivity index (χ4v) is 1.80. The highest BCUT2D eigenvalue weighted by Crippen LogP contribution is 2.12. The van der Waals surface area contributed by atoms with Crippen molar-refractivity contribution in [1.29, 1.82) is 0 Å². The molecule has 0 radical (unpaired) electrons. The first-order valence-corrected chi connectivity index (χ1v) is 6.12. The van der Waals surface area contributed by atoms with Crippen LogP contribution in [0.5, 0.6) is 0 Å². The minimum Gasteiger partial charge on any atom is -0.366 e. The van der Waals surface area contributed by atoms with Crippen molar-refractivity contribution in [3.05, 3.63) is 17.6 Å². The zero-order chi connectivity index (χ0) is 13.0. The van der Waals surface area contributed by atoms with E-state index < -0.39 is 0 Å². The highest BCUT2D eigenvalue weighted by molar-refractivity contribution is 5.37. The highest BCUT2D eigenvalue weighted by atomic mass is 15.1. The van der Waals surface area contributed by atoms with Gasteiger partial charge in [-0.3, -0.25) is 0 Å². The van der Waals surface area contributed by atoms with Gasteiger partial charge < -0.3 is 10.2 Å². The number of rotatable bonds is 5. The first-order valence-electron chi connectivity index (χ1n) is 6.12. The Balaban J connectivity index is 2.78. The molecule has 1 aromatic rings. The van der Waals surface area contributed by atoms with Gasteiger partial charge in [0.2, 0.25) is 0 Å². The summed E-state index contributed by atoms with van der Waals surface area (Å²) in [6, 6.07) is 2.40. The summed E-state index contributed by atoms with van der Waals surface area (Å²) >= 11 is 0. The topological polar surface area (TPSA) is 41.0 Å². The van der Waals surface area contributed by atoms with Crippen LogP contribution in [0.4, 0.5) is 5.82 Å². The summed E-state index contributed by atoms with van der Waals surface area (Å²) in [5.74, 6) is 2.31. The van der Waals surface area contributed by atoms with Crippen molar-refractivity contribution in [2.75, 3.05) is 26.0 Å². The van der Waals surface area contributed by atoms with E-state index in [0.717, 1.165) is 23.9 Å². The number of hydrogen-bond acceptors (Lipinski definition) is 4. The standard InChI is InChI=1S/C13H24N4/c1-9(2)12(8-17(5)6)16-13-7-10(3)14-11(4)15-13/h7,9,12H,8H2,1-6H3,(H,14,15,16). The van der Waals surface area contributed by atoms with Gasteiger partial charge in [0.05, 0.1) is 0 Å². The van der Waals surface area contributed by atoms with E-state index in [2.05, 4.69) is 48.1 Å². The SMILES string of the molecule is Cc1cc(NC(CN(C)C)C(C)C)nc(C)n1. The number of nitrogens with zero attached hydrogens (tertiary/aromatic N) is 3. The minimum absolute atomic E-state index is 0.402. The number of aryl methyl sites for hydroxylation is 2. The molecule has 1 rings (SSSR count). The highest BCUT2D eigenvalue weighted by Gasteiger charge is 2.14. The van der Waals surface area contributed by atoms with Crippen LogP contribution in [0.25, 0.3) is 0 Å². The van der Waals surface area contributed by atoms with E-state index in [-0.39, 0.29) is 0 Å². The Hall–Kier alpha value is -1.16. The Morgan fingerprint density at radius 1 is 1.24 bits per heavy atom. The number of aromatic nitrogens is 2. The molecule has 0 spiro atoms. The summed E-state index contributed by atoms with van der Waals surface area (Å²) in [5, 5.41) is 3.50. The van der Waals surface area contributed by atoms with Crippen LogP contribution in [-0.4, -0.2) is 41.5 Å². The van der Waals surface area contributed by atoms with Crippen molar-refractivity contribution in [3.63, 3.8) is 0 Å². The third-order valence-electron chi connectivity index (χ3n) is 2.67. The number of hydrogen-bond donors (Lipinski definition) is 1. The quantitative estimate of drug-likeness (QED) is 0.850. The molecule has 0 aliphatic rings. The Bertz CT molecular complexity index is 340. The number of nitrogens with one attached hydrogen (secondary N) is 1. The lowest BCUT2D eigenvalue weighted by molar-refractivity contribution is 0.344. The van der Waals surface area contributed by atoms with Gasteiger partial charge in [0.25, 0.3) is 0 Å². The first-order chi connectivity index (χ1) is 7.88. The van der Waals surface area contributed by atoms with Gasteiger partial charge >= 0.3 is 0 Å².